The fourth-order valence-electron chi connectivity index (χ4n) is 2.32. The summed E-state index contributed by atoms with van der Waals surface area (Å²) in [4.78, 5) is 11.0. The van der Waals surface area contributed by atoms with Gasteiger partial charge in [-0.2, -0.15) is 0 Å². The molecule has 104 valence electrons. The van der Waals surface area contributed by atoms with E-state index in [2.05, 4.69) is 31.9 Å². The predicted octanol–water partition coefficient (Wildman–Crippen LogP) is 5.01. The Hall–Kier alpha value is -0.550. The molecule has 5 heteroatoms. The maximum Gasteiger partial charge on any atom is 0.335 e. The smallest absolute Gasteiger partial charge is 0.335 e. The SMILES string of the molecule is O=C(O)c1cc(Br)c(OC2CCCCCC2)c(Br)c1. The normalized spacial score (nSPS) is 16.9. The highest BCUT2D eigenvalue weighted by Crippen LogP contribution is 2.37. The standard InChI is InChI=1S/C14H16Br2O3/c15-11-7-9(14(17)18)8-12(16)13(11)19-10-5-3-1-2-4-6-10/h7-8,10H,1-6H2,(H,17,18). The maximum atomic E-state index is 11.0. The van der Waals surface area contributed by atoms with Crippen molar-refractivity contribution < 1.29 is 14.6 Å². The number of carboxylic acid groups (broad SMARTS) is 1. The van der Waals surface area contributed by atoms with Crippen LogP contribution in [-0.4, -0.2) is 17.2 Å². The lowest BCUT2D eigenvalue weighted by molar-refractivity contribution is 0.0696. The monoisotopic (exact) mass is 390 g/mol. The molecule has 0 bridgehead atoms. The molecule has 2 rings (SSSR count). The van der Waals surface area contributed by atoms with Crippen LogP contribution in [-0.2, 0) is 0 Å². The molecular formula is C14H16Br2O3. The van der Waals surface area contributed by atoms with Crippen LogP contribution in [0.3, 0.4) is 0 Å². The number of ether oxygens (including phenoxy) is 1. The summed E-state index contributed by atoms with van der Waals surface area (Å²) >= 11 is 6.79. The first-order valence-corrected chi connectivity index (χ1v) is 8.05. The van der Waals surface area contributed by atoms with Crippen LogP contribution >= 0.6 is 31.9 Å². The minimum atomic E-state index is -0.942. The van der Waals surface area contributed by atoms with Gasteiger partial charge in [-0.25, -0.2) is 4.79 Å². The molecule has 1 saturated carbocycles. The van der Waals surface area contributed by atoms with E-state index in [0.717, 1.165) is 12.8 Å². The van der Waals surface area contributed by atoms with Crippen LogP contribution in [0.2, 0.25) is 0 Å². The first-order valence-electron chi connectivity index (χ1n) is 6.47. The van der Waals surface area contributed by atoms with Gasteiger partial charge in [0.25, 0.3) is 0 Å². The van der Waals surface area contributed by atoms with Crippen molar-refractivity contribution in [2.75, 3.05) is 0 Å². The fraction of sp³-hybridized carbons (Fsp3) is 0.500. The number of rotatable bonds is 3. The summed E-state index contributed by atoms with van der Waals surface area (Å²) in [5.41, 5.74) is 0.243. The van der Waals surface area contributed by atoms with Gasteiger partial charge in [0, 0.05) is 0 Å². The number of carbonyl (C=O) groups is 1. The van der Waals surface area contributed by atoms with Crippen LogP contribution in [0, 0.1) is 0 Å². The van der Waals surface area contributed by atoms with E-state index in [-0.39, 0.29) is 11.7 Å². The number of aromatic carboxylic acids is 1. The topological polar surface area (TPSA) is 46.5 Å². The van der Waals surface area contributed by atoms with Crippen LogP contribution in [0.15, 0.2) is 21.1 Å². The van der Waals surface area contributed by atoms with E-state index in [1.165, 1.54) is 25.7 Å². The largest absolute Gasteiger partial charge is 0.488 e. The predicted molar refractivity (Wildman–Crippen MR) is 80.9 cm³/mol. The van der Waals surface area contributed by atoms with Crippen LogP contribution in [0.4, 0.5) is 0 Å². The van der Waals surface area contributed by atoms with Crippen LogP contribution < -0.4 is 4.74 Å². The number of hydrogen-bond acceptors (Lipinski definition) is 2. The molecule has 1 N–H and O–H groups in total. The zero-order chi connectivity index (χ0) is 13.8. The average Bonchev–Trinajstić information content (AvgIpc) is 2.61. The molecule has 0 aliphatic heterocycles. The van der Waals surface area contributed by atoms with E-state index in [1.807, 2.05) is 0 Å². The minimum Gasteiger partial charge on any atom is -0.488 e. The lowest BCUT2D eigenvalue weighted by Crippen LogP contribution is -2.16. The molecule has 19 heavy (non-hydrogen) atoms. The molecule has 0 saturated heterocycles. The quantitative estimate of drug-likeness (QED) is 0.736. The molecule has 1 aromatic carbocycles. The number of carboxylic acids is 1. The highest BCUT2D eigenvalue weighted by Gasteiger charge is 2.18. The third-order valence-corrected chi connectivity index (χ3v) is 4.51. The Morgan fingerprint density at radius 2 is 1.63 bits per heavy atom. The summed E-state index contributed by atoms with van der Waals surface area (Å²) in [6.07, 6.45) is 7.32. The highest BCUT2D eigenvalue weighted by atomic mass is 79.9. The molecule has 3 nitrogen and oxygen atoms in total. The third-order valence-electron chi connectivity index (χ3n) is 3.33. The molecule has 0 atom stereocenters. The van der Waals surface area contributed by atoms with Gasteiger partial charge in [-0.1, -0.05) is 12.8 Å². The summed E-state index contributed by atoms with van der Waals surface area (Å²) in [6.45, 7) is 0. The lowest BCUT2D eigenvalue weighted by Gasteiger charge is -2.19. The van der Waals surface area contributed by atoms with E-state index in [1.54, 1.807) is 12.1 Å². The van der Waals surface area contributed by atoms with Gasteiger partial charge in [0.2, 0.25) is 0 Å². The van der Waals surface area contributed by atoms with E-state index in [0.29, 0.717) is 14.7 Å². The van der Waals surface area contributed by atoms with E-state index in [4.69, 9.17) is 9.84 Å². The summed E-state index contributed by atoms with van der Waals surface area (Å²) in [5, 5.41) is 9.00. The molecule has 1 aliphatic rings. The van der Waals surface area contributed by atoms with Gasteiger partial charge in [-0.15, -0.1) is 0 Å². The van der Waals surface area contributed by atoms with Crippen molar-refractivity contribution in [3.05, 3.63) is 26.6 Å². The van der Waals surface area contributed by atoms with Crippen molar-refractivity contribution in [3.63, 3.8) is 0 Å². The lowest BCUT2D eigenvalue weighted by atomic mass is 10.1. The zero-order valence-electron chi connectivity index (χ0n) is 10.5. The Labute approximate surface area is 129 Å². The summed E-state index contributed by atoms with van der Waals surface area (Å²) < 4.78 is 7.41. The Kier molecular flexibility index (Phi) is 5.28. The molecule has 0 aromatic heterocycles. The Morgan fingerprint density at radius 1 is 1.11 bits per heavy atom. The molecular weight excluding hydrogens is 376 g/mol. The van der Waals surface area contributed by atoms with E-state index in [9.17, 15) is 4.79 Å². The van der Waals surface area contributed by atoms with Gasteiger partial charge in [0.1, 0.15) is 5.75 Å². The van der Waals surface area contributed by atoms with Gasteiger partial charge in [0.05, 0.1) is 20.6 Å². The van der Waals surface area contributed by atoms with Crippen molar-refractivity contribution in [2.45, 2.75) is 44.6 Å². The summed E-state index contributed by atoms with van der Waals surface area (Å²) in [7, 11) is 0. The second-order valence-electron chi connectivity index (χ2n) is 4.81. The van der Waals surface area contributed by atoms with E-state index < -0.39 is 5.97 Å². The number of halogens is 2. The Balaban J connectivity index is 2.17. The van der Waals surface area contributed by atoms with Crippen molar-refractivity contribution in [1.82, 2.24) is 0 Å². The molecule has 0 radical (unpaired) electrons. The van der Waals surface area contributed by atoms with Crippen molar-refractivity contribution >= 4 is 37.8 Å². The van der Waals surface area contributed by atoms with Crippen LogP contribution in [0.25, 0.3) is 0 Å². The molecule has 0 heterocycles. The summed E-state index contributed by atoms with van der Waals surface area (Å²) in [5.74, 6) is -0.237. The van der Waals surface area contributed by atoms with E-state index >= 15 is 0 Å². The van der Waals surface area contributed by atoms with Gasteiger partial charge < -0.3 is 9.84 Å². The zero-order valence-corrected chi connectivity index (χ0v) is 13.7. The number of benzene rings is 1. The molecule has 1 aliphatic carbocycles. The Morgan fingerprint density at radius 3 is 2.11 bits per heavy atom. The second kappa shape index (κ2) is 6.75. The number of hydrogen-bond donors (Lipinski definition) is 1. The van der Waals surface area contributed by atoms with Crippen molar-refractivity contribution in [1.29, 1.82) is 0 Å². The first-order chi connectivity index (χ1) is 9.08. The van der Waals surface area contributed by atoms with Gasteiger partial charge in [-0.3, -0.25) is 0 Å². The highest BCUT2D eigenvalue weighted by molar-refractivity contribution is 9.11. The fourth-order valence-corrected chi connectivity index (χ4v) is 3.70. The molecule has 1 fully saturated rings. The van der Waals surface area contributed by atoms with Crippen molar-refractivity contribution in [2.24, 2.45) is 0 Å². The average molecular weight is 392 g/mol. The van der Waals surface area contributed by atoms with Crippen LogP contribution in [0.1, 0.15) is 48.9 Å². The van der Waals surface area contributed by atoms with Gasteiger partial charge in [-0.05, 0) is 69.7 Å². The van der Waals surface area contributed by atoms with Gasteiger partial charge >= 0.3 is 5.97 Å². The molecule has 0 spiro atoms. The molecule has 0 amide bonds. The third kappa shape index (κ3) is 3.96. The minimum absolute atomic E-state index is 0.228. The molecule has 0 unspecified atom stereocenters. The maximum absolute atomic E-state index is 11.0. The first kappa shape index (κ1) is 14.9. The summed E-state index contributed by atoms with van der Waals surface area (Å²) in [6, 6.07) is 3.16. The molecule has 1 aromatic rings. The van der Waals surface area contributed by atoms with Crippen molar-refractivity contribution in [3.8, 4) is 5.75 Å². The Bertz CT molecular complexity index is 443. The second-order valence-corrected chi connectivity index (χ2v) is 6.51. The van der Waals surface area contributed by atoms with Crippen LogP contribution in [0.5, 0.6) is 5.75 Å². The van der Waals surface area contributed by atoms with Gasteiger partial charge in [0.15, 0.2) is 0 Å².